The third kappa shape index (κ3) is 4.44. The molecule has 0 saturated carbocycles. The number of methoxy groups -OCH3 is 1. The molecule has 2 heterocycles. The molecule has 2 atom stereocenters. The minimum Gasteiger partial charge on any atom is -0.497 e. The van der Waals surface area contributed by atoms with Crippen molar-refractivity contribution in [3.63, 3.8) is 0 Å². The van der Waals surface area contributed by atoms with Crippen LogP contribution in [-0.4, -0.2) is 35.5 Å². The van der Waals surface area contributed by atoms with Gasteiger partial charge in [0, 0.05) is 13.0 Å². The molecule has 10 heteroatoms. The van der Waals surface area contributed by atoms with Gasteiger partial charge in [0.1, 0.15) is 16.6 Å². The number of aromatic nitrogens is 2. The first-order chi connectivity index (χ1) is 13.6. The van der Waals surface area contributed by atoms with Crippen LogP contribution in [0, 0.1) is 5.92 Å². The number of amides is 1. The molecule has 0 unspecified atom stereocenters. The van der Waals surface area contributed by atoms with Gasteiger partial charge in [-0.1, -0.05) is 37.6 Å². The van der Waals surface area contributed by atoms with Gasteiger partial charge in [-0.25, -0.2) is 4.68 Å². The SMILES string of the molecule is COc1ccc([C@@H]2C[C@@H](C(F)(F)F)n3nc(C(=O)NCC(C)C)c(Cl)c3N2)cc1. The van der Waals surface area contributed by atoms with Crippen LogP contribution in [0.25, 0.3) is 0 Å². The third-order valence-corrected chi connectivity index (χ3v) is 5.06. The summed E-state index contributed by atoms with van der Waals surface area (Å²) in [4.78, 5) is 12.4. The summed E-state index contributed by atoms with van der Waals surface area (Å²) in [6.07, 6.45) is -4.84. The van der Waals surface area contributed by atoms with E-state index in [0.29, 0.717) is 17.9 Å². The molecule has 3 rings (SSSR count). The van der Waals surface area contributed by atoms with Gasteiger partial charge in [0.25, 0.3) is 5.91 Å². The molecule has 0 radical (unpaired) electrons. The molecule has 1 aromatic carbocycles. The number of benzene rings is 1. The summed E-state index contributed by atoms with van der Waals surface area (Å²) in [5.74, 6) is 0.157. The predicted octanol–water partition coefficient (Wildman–Crippen LogP) is 4.59. The van der Waals surface area contributed by atoms with Crippen LogP contribution in [0.15, 0.2) is 24.3 Å². The van der Waals surface area contributed by atoms with Crippen molar-refractivity contribution in [1.29, 1.82) is 0 Å². The van der Waals surface area contributed by atoms with Crippen LogP contribution in [0.2, 0.25) is 5.02 Å². The average molecular weight is 431 g/mol. The summed E-state index contributed by atoms with van der Waals surface area (Å²) >= 11 is 6.27. The van der Waals surface area contributed by atoms with Gasteiger partial charge in [-0.05, 0) is 23.6 Å². The monoisotopic (exact) mass is 430 g/mol. The van der Waals surface area contributed by atoms with Crippen molar-refractivity contribution < 1.29 is 22.7 Å². The molecule has 29 heavy (non-hydrogen) atoms. The van der Waals surface area contributed by atoms with Gasteiger partial charge in [0.15, 0.2) is 11.7 Å². The van der Waals surface area contributed by atoms with Gasteiger partial charge in [-0.3, -0.25) is 4.79 Å². The van der Waals surface area contributed by atoms with Crippen LogP contribution in [0.5, 0.6) is 5.75 Å². The lowest BCUT2D eigenvalue weighted by Gasteiger charge is -2.33. The number of nitrogens with one attached hydrogen (secondary N) is 2. The maximum atomic E-state index is 13.8. The molecule has 2 N–H and O–H groups in total. The van der Waals surface area contributed by atoms with Crippen molar-refractivity contribution in [2.45, 2.75) is 38.5 Å². The van der Waals surface area contributed by atoms with E-state index in [1.807, 2.05) is 13.8 Å². The van der Waals surface area contributed by atoms with Crippen molar-refractivity contribution in [2.75, 3.05) is 19.0 Å². The Bertz CT molecular complexity index is 881. The van der Waals surface area contributed by atoms with Crippen molar-refractivity contribution in [1.82, 2.24) is 15.1 Å². The molecule has 158 valence electrons. The molecular weight excluding hydrogens is 409 g/mol. The summed E-state index contributed by atoms with van der Waals surface area (Å²) in [5, 5.41) is 9.42. The minimum absolute atomic E-state index is 0.0178. The number of ether oxygens (including phenoxy) is 1. The van der Waals surface area contributed by atoms with Gasteiger partial charge in [0.2, 0.25) is 0 Å². The van der Waals surface area contributed by atoms with Crippen LogP contribution in [0.1, 0.15) is 48.4 Å². The topological polar surface area (TPSA) is 68.2 Å². The van der Waals surface area contributed by atoms with E-state index in [9.17, 15) is 18.0 Å². The fraction of sp³-hybridized carbons (Fsp3) is 0.474. The molecule has 6 nitrogen and oxygen atoms in total. The Labute approximate surface area is 171 Å². The fourth-order valence-corrected chi connectivity index (χ4v) is 3.43. The predicted molar refractivity (Wildman–Crippen MR) is 103 cm³/mol. The molecule has 0 bridgehead atoms. The van der Waals surface area contributed by atoms with Gasteiger partial charge in [-0.15, -0.1) is 0 Å². The minimum atomic E-state index is -4.55. The Morgan fingerprint density at radius 2 is 2.03 bits per heavy atom. The molecule has 0 saturated heterocycles. The van der Waals surface area contributed by atoms with Crippen LogP contribution in [0.4, 0.5) is 19.0 Å². The number of fused-ring (bicyclic) bond motifs is 1. The van der Waals surface area contributed by atoms with E-state index in [2.05, 4.69) is 15.7 Å². The van der Waals surface area contributed by atoms with Gasteiger partial charge in [0.05, 0.1) is 13.2 Å². The van der Waals surface area contributed by atoms with Gasteiger partial charge < -0.3 is 15.4 Å². The zero-order valence-electron chi connectivity index (χ0n) is 16.2. The molecule has 0 fully saturated rings. The third-order valence-electron chi connectivity index (χ3n) is 4.70. The van der Waals surface area contributed by atoms with Crippen molar-refractivity contribution in [2.24, 2.45) is 5.92 Å². The number of halogens is 4. The largest absolute Gasteiger partial charge is 0.497 e. The summed E-state index contributed by atoms with van der Waals surface area (Å²) in [6, 6.07) is 4.19. The number of alkyl halides is 3. The van der Waals surface area contributed by atoms with Crippen molar-refractivity contribution in [3.8, 4) is 5.75 Å². The average Bonchev–Trinajstić information content (AvgIpc) is 3.01. The van der Waals surface area contributed by atoms with E-state index < -0.39 is 24.2 Å². The number of hydrogen-bond donors (Lipinski definition) is 2. The lowest BCUT2D eigenvalue weighted by Crippen LogP contribution is -2.36. The Hall–Kier alpha value is -2.42. The smallest absolute Gasteiger partial charge is 0.410 e. The number of anilines is 1. The number of carbonyl (C=O) groups is 1. The van der Waals surface area contributed by atoms with Gasteiger partial charge >= 0.3 is 6.18 Å². The van der Waals surface area contributed by atoms with Crippen molar-refractivity contribution >= 4 is 23.3 Å². The van der Waals surface area contributed by atoms with E-state index in [1.165, 1.54) is 7.11 Å². The second kappa shape index (κ2) is 8.14. The summed E-state index contributed by atoms with van der Waals surface area (Å²) in [7, 11) is 1.51. The number of hydrogen-bond acceptors (Lipinski definition) is 4. The molecule has 0 spiro atoms. The fourth-order valence-electron chi connectivity index (χ4n) is 3.17. The summed E-state index contributed by atoms with van der Waals surface area (Å²) < 4.78 is 47.2. The molecule has 1 aliphatic heterocycles. The van der Waals surface area contributed by atoms with E-state index in [-0.39, 0.29) is 28.9 Å². The second-order valence-corrected chi connectivity index (χ2v) is 7.70. The highest BCUT2D eigenvalue weighted by molar-refractivity contribution is 6.36. The van der Waals surface area contributed by atoms with E-state index in [0.717, 1.165) is 4.68 Å². The highest BCUT2D eigenvalue weighted by atomic mass is 35.5. The zero-order valence-corrected chi connectivity index (χ0v) is 16.9. The number of carbonyl (C=O) groups excluding carboxylic acids is 1. The Kier molecular flexibility index (Phi) is 5.97. The van der Waals surface area contributed by atoms with Crippen LogP contribution >= 0.6 is 11.6 Å². The van der Waals surface area contributed by atoms with Crippen LogP contribution < -0.4 is 15.4 Å². The molecular formula is C19H22ClF3N4O2. The van der Waals surface area contributed by atoms with Gasteiger partial charge in [-0.2, -0.15) is 18.3 Å². The second-order valence-electron chi connectivity index (χ2n) is 7.32. The van der Waals surface area contributed by atoms with E-state index >= 15 is 0 Å². The highest BCUT2D eigenvalue weighted by Crippen LogP contribution is 2.46. The summed E-state index contributed by atoms with van der Waals surface area (Å²) in [5.41, 5.74) is 0.425. The molecule has 1 aromatic heterocycles. The highest BCUT2D eigenvalue weighted by Gasteiger charge is 2.47. The standard InChI is InChI=1S/C19H22ClF3N4O2/c1-10(2)9-24-18(28)16-15(20)17-25-13(11-4-6-12(29-3)7-5-11)8-14(19(21,22)23)27(17)26-16/h4-7,10,13-14,25H,8-9H2,1-3H3,(H,24,28)/t13-,14-/m0/s1. The molecule has 2 aromatic rings. The Morgan fingerprint density at radius 1 is 1.38 bits per heavy atom. The lowest BCUT2D eigenvalue weighted by atomic mass is 9.97. The summed E-state index contributed by atoms with van der Waals surface area (Å²) in [6.45, 7) is 4.17. The van der Waals surface area contributed by atoms with E-state index in [1.54, 1.807) is 24.3 Å². The lowest BCUT2D eigenvalue weighted by molar-refractivity contribution is -0.173. The normalized spacial score (nSPS) is 18.9. The first-order valence-electron chi connectivity index (χ1n) is 9.15. The quantitative estimate of drug-likeness (QED) is 0.728. The van der Waals surface area contributed by atoms with Crippen LogP contribution in [0.3, 0.4) is 0 Å². The molecule has 1 aliphatic rings. The molecule has 1 amide bonds. The zero-order chi connectivity index (χ0) is 21.3. The Morgan fingerprint density at radius 3 is 2.59 bits per heavy atom. The number of nitrogens with zero attached hydrogens (tertiary/aromatic N) is 2. The maximum absolute atomic E-state index is 13.8. The first kappa shape index (κ1) is 21.3. The maximum Gasteiger partial charge on any atom is 0.410 e. The Balaban J connectivity index is 1.96. The van der Waals surface area contributed by atoms with E-state index in [4.69, 9.17) is 16.3 Å². The van der Waals surface area contributed by atoms with Crippen molar-refractivity contribution in [3.05, 3.63) is 40.5 Å². The van der Waals surface area contributed by atoms with Crippen LogP contribution in [-0.2, 0) is 0 Å². The number of rotatable bonds is 5. The first-order valence-corrected chi connectivity index (χ1v) is 9.53. The molecule has 0 aliphatic carbocycles.